The molecule has 2 unspecified atom stereocenters. The van der Waals surface area contributed by atoms with Crippen LogP contribution < -0.4 is 19.5 Å². The number of amides is 1. The van der Waals surface area contributed by atoms with Gasteiger partial charge in [0.25, 0.3) is 0 Å². The molecular formula is C20H28N2O4. The molecule has 2 aliphatic heterocycles. The van der Waals surface area contributed by atoms with Gasteiger partial charge in [-0.15, -0.1) is 0 Å². The summed E-state index contributed by atoms with van der Waals surface area (Å²) in [7, 11) is 6.92. The third kappa shape index (κ3) is 3.80. The Morgan fingerprint density at radius 3 is 2.15 bits per heavy atom. The van der Waals surface area contributed by atoms with Crippen molar-refractivity contribution in [3.05, 3.63) is 23.8 Å². The number of hydrogen-bond acceptors (Lipinski definition) is 5. The minimum absolute atomic E-state index is 0.0623. The number of nitrogens with one attached hydrogen (secondary N) is 1. The van der Waals surface area contributed by atoms with Crippen molar-refractivity contribution in [3.63, 3.8) is 0 Å². The average Bonchev–Trinajstić information content (AvgIpc) is 2.85. The molecule has 1 N–H and O–H groups in total. The van der Waals surface area contributed by atoms with Crippen LogP contribution in [0.15, 0.2) is 18.2 Å². The number of rotatable bonds is 6. The fourth-order valence-electron chi connectivity index (χ4n) is 4.15. The summed E-state index contributed by atoms with van der Waals surface area (Å²) in [6.45, 7) is 0. The van der Waals surface area contributed by atoms with Crippen LogP contribution in [0, 0.1) is 0 Å². The van der Waals surface area contributed by atoms with Crippen molar-refractivity contribution < 1.29 is 19.0 Å². The molecule has 2 atom stereocenters. The SMILES string of the molecule is COc1cc(/C=C/C(=O)NC2CC3CCC(C2)N3C)cc(OC)c1OC. The molecule has 6 heteroatoms. The molecule has 2 saturated heterocycles. The third-order valence-electron chi connectivity index (χ3n) is 5.56. The Kier molecular flexibility index (Phi) is 5.71. The zero-order chi connectivity index (χ0) is 18.7. The van der Waals surface area contributed by atoms with Crippen molar-refractivity contribution in [1.29, 1.82) is 0 Å². The maximum atomic E-state index is 12.3. The fraction of sp³-hybridized carbons (Fsp3) is 0.550. The molecule has 0 aliphatic carbocycles. The van der Waals surface area contributed by atoms with Crippen LogP contribution in [0.2, 0.25) is 0 Å². The molecule has 1 amide bonds. The molecule has 0 saturated carbocycles. The maximum absolute atomic E-state index is 12.3. The van der Waals surface area contributed by atoms with Gasteiger partial charge in [0.1, 0.15) is 0 Å². The van der Waals surface area contributed by atoms with E-state index in [1.807, 2.05) is 12.1 Å². The number of carbonyl (C=O) groups excluding carboxylic acids is 1. The topological polar surface area (TPSA) is 60.0 Å². The predicted octanol–water partition coefficient (Wildman–Crippen LogP) is 2.47. The average molecular weight is 360 g/mol. The Morgan fingerprint density at radius 2 is 1.65 bits per heavy atom. The van der Waals surface area contributed by atoms with Crippen LogP contribution in [0.5, 0.6) is 17.2 Å². The van der Waals surface area contributed by atoms with Crippen molar-refractivity contribution in [3.8, 4) is 17.2 Å². The number of nitrogens with zero attached hydrogens (tertiary/aromatic N) is 1. The lowest BCUT2D eigenvalue weighted by Crippen LogP contribution is -2.48. The van der Waals surface area contributed by atoms with Crippen molar-refractivity contribution in [2.75, 3.05) is 28.4 Å². The van der Waals surface area contributed by atoms with Gasteiger partial charge < -0.3 is 24.4 Å². The first kappa shape index (κ1) is 18.6. The molecule has 26 heavy (non-hydrogen) atoms. The molecule has 0 aromatic heterocycles. The quantitative estimate of drug-likeness (QED) is 0.790. The summed E-state index contributed by atoms with van der Waals surface area (Å²) in [4.78, 5) is 14.8. The summed E-state index contributed by atoms with van der Waals surface area (Å²) in [6, 6.07) is 5.12. The van der Waals surface area contributed by atoms with Gasteiger partial charge in [0.05, 0.1) is 21.3 Å². The van der Waals surface area contributed by atoms with Gasteiger partial charge in [0, 0.05) is 24.2 Å². The zero-order valence-corrected chi connectivity index (χ0v) is 16.0. The van der Waals surface area contributed by atoms with Crippen LogP contribution in [-0.2, 0) is 4.79 Å². The number of fused-ring (bicyclic) bond motifs is 2. The van der Waals surface area contributed by atoms with Gasteiger partial charge in [0.2, 0.25) is 11.7 Å². The molecule has 2 bridgehead atoms. The van der Waals surface area contributed by atoms with Crippen LogP contribution in [0.25, 0.3) is 6.08 Å². The first-order valence-electron chi connectivity index (χ1n) is 9.06. The Morgan fingerprint density at radius 1 is 1.08 bits per heavy atom. The fourth-order valence-corrected chi connectivity index (χ4v) is 4.15. The van der Waals surface area contributed by atoms with Gasteiger partial charge >= 0.3 is 0 Å². The van der Waals surface area contributed by atoms with E-state index in [9.17, 15) is 4.79 Å². The molecule has 2 fully saturated rings. The molecule has 0 spiro atoms. The Bertz CT molecular complexity index is 649. The van der Waals surface area contributed by atoms with E-state index < -0.39 is 0 Å². The van der Waals surface area contributed by atoms with Crippen molar-refractivity contribution >= 4 is 12.0 Å². The lowest BCUT2D eigenvalue weighted by atomic mass is 9.98. The normalized spacial score (nSPS) is 25.3. The summed E-state index contributed by atoms with van der Waals surface area (Å²) >= 11 is 0. The summed E-state index contributed by atoms with van der Waals surface area (Å²) in [5.74, 6) is 1.61. The van der Waals surface area contributed by atoms with Crippen LogP contribution in [0.3, 0.4) is 0 Å². The molecule has 6 nitrogen and oxygen atoms in total. The standard InChI is InChI=1S/C20H28N2O4/c1-22-15-6-7-16(22)12-14(11-15)21-19(23)8-5-13-9-17(24-2)20(26-4)18(10-13)25-3/h5,8-10,14-16H,6-7,11-12H2,1-4H3,(H,21,23)/b8-5+. The van der Waals surface area contributed by atoms with Gasteiger partial charge in [-0.3, -0.25) is 4.79 Å². The van der Waals surface area contributed by atoms with E-state index in [0.29, 0.717) is 29.3 Å². The Hall–Kier alpha value is -2.21. The van der Waals surface area contributed by atoms with Crippen molar-refractivity contribution in [2.24, 2.45) is 0 Å². The molecule has 3 rings (SSSR count). The molecule has 142 valence electrons. The first-order valence-corrected chi connectivity index (χ1v) is 9.06. The lowest BCUT2D eigenvalue weighted by molar-refractivity contribution is -0.117. The molecule has 1 aromatic rings. The largest absolute Gasteiger partial charge is 0.493 e. The Labute approximate surface area is 155 Å². The first-order chi connectivity index (χ1) is 12.5. The van der Waals surface area contributed by atoms with Crippen LogP contribution in [0.1, 0.15) is 31.2 Å². The van der Waals surface area contributed by atoms with E-state index in [4.69, 9.17) is 14.2 Å². The van der Waals surface area contributed by atoms with E-state index in [-0.39, 0.29) is 11.9 Å². The summed E-state index contributed by atoms with van der Waals surface area (Å²) in [5, 5.41) is 3.15. The number of piperidine rings is 1. The molecule has 0 radical (unpaired) electrons. The van der Waals surface area contributed by atoms with Gasteiger partial charge in [-0.1, -0.05) is 0 Å². The van der Waals surface area contributed by atoms with Crippen LogP contribution >= 0.6 is 0 Å². The summed E-state index contributed by atoms with van der Waals surface area (Å²) in [6.07, 6.45) is 7.90. The van der Waals surface area contributed by atoms with Crippen molar-refractivity contribution in [2.45, 2.75) is 43.8 Å². The van der Waals surface area contributed by atoms with Gasteiger partial charge in [-0.05, 0) is 56.5 Å². The maximum Gasteiger partial charge on any atom is 0.244 e. The second kappa shape index (κ2) is 7.99. The minimum Gasteiger partial charge on any atom is -0.493 e. The van der Waals surface area contributed by atoms with Gasteiger partial charge in [-0.25, -0.2) is 0 Å². The second-order valence-corrected chi connectivity index (χ2v) is 7.02. The summed E-state index contributed by atoms with van der Waals surface area (Å²) in [5.41, 5.74) is 0.818. The highest BCUT2D eigenvalue weighted by molar-refractivity contribution is 5.92. The van der Waals surface area contributed by atoms with E-state index in [1.54, 1.807) is 33.5 Å². The second-order valence-electron chi connectivity index (χ2n) is 7.02. The predicted molar refractivity (Wildman–Crippen MR) is 101 cm³/mol. The molecular weight excluding hydrogens is 332 g/mol. The number of carbonyl (C=O) groups is 1. The van der Waals surface area contributed by atoms with Crippen LogP contribution in [0.4, 0.5) is 0 Å². The van der Waals surface area contributed by atoms with Gasteiger partial charge in [-0.2, -0.15) is 0 Å². The molecule has 2 aliphatic rings. The highest BCUT2D eigenvalue weighted by Gasteiger charge is 2.38. The van der Waals surface area contributed by atoms with Crippen molar-refractivity contribution in [1.82, 2.24) is 10.2 Å². The minimum atomic E-state index is -0.0623. The molecule has 1 aromatic carbocycles. The van der Waals surface area contributed by atoms with E-state index in [1.165, 1.54) is 12.8 Å². The highest BCUT2D eigenvalue weighted by Crippen LogP contribution is 2.38. The lowest BCUT2D eigenvalue weighted by Gasteiger charge is -2.36. The summed E-state index contributed by atoms with van der Waals surface area (Å²) < 4.78 is 16.0. The molecule has 2 heterocycles. The third-order valence-corrected chi connectivity index (χ3v) is 5.56. The zero-order valence-electron chi connectivity index (χ0n) is 16.0. The van der Waals surface area contributed by atoms with Gasteiger partial charge in [0.15, 0.2) is 11.5 Å². The number of hydrogen-bond donors (Lipinski definition) is 1. The van der Waals surface area contributed by atoms with Crippen LogP contribution in [-0.4, -0.2) is 57.3 Å². The highest BCUT2D eigenvalue weighted by atomic mass is 16.5. The van der Waals surface area contributed by atoms with E-state index >= 15 is 0 Å². The number of benzene rings is 1. The van der Waals surface area contributed by atoms with E-state index in [2.05, 4.69) is 17.3 Å². The van der Waals surface area contributed by atoms with E-state index in [0.717, 1.165) is 18.4 Å². The Balaban J connectivity index is 1.65. The monoisotopic (exact) mass is 360 g/mol. The number of ether oxygens (including phenoxy) is 3. The smallest absolute Gasteiger partial charge is 0.244 e. The number of methoxy groups -OCH3 is 3.